The van der Waals surface area contributed by atoms with Crippen LogP contribution in [-0.4, -0.2) is 12.2 Å². The van der Waals surface area contributed by atoms with Crippen LogP contribution in [0.2, 0.25) is 0 Å². The highest BCUT2D eigenvalue weighted by molar-refractivity contribution is 6.14. The van der Waals surface area contributed by atoms with E-state index in [0.717, 1.165) is 12.8 Å². The van der Waals surface area contributed by atoms with E-state index >= 15 is 0 Å². The molecule has 0 spiro atoms. The fourth-order valence-corrected chi connectivity index (χ4v) is 0.644. The van der Waals surface area contributed by atoms with Crippen LogP contribution in [0.3, 0.4) is 0 Å². The van der Waals surface area contributed by atoms with E-state index in [1.54, 1.807) is 0 Å². The molecule has 1 N–H and O–H groups in total. The molecule has 1 fully saturated rings. The summed E-state index contributed by atoms with van der Waals surface area (Å²) in [6, 6.07) is 0. The van der Waals surface area contributed by atoms with Crippen LogP contribution in [-0.2, 0) is 0 Å². The molecule has 0 aromatic carbocycles. The molecule has 3 heteroatoms. The molecule has 0 aromatic rings. The molecule has 0 heterocycles. The maximum absolute atomic E-state index is 11.7. The molecule has 1 nitrogen and oxygen atoms in total. The lowest BCUT2D eigenvalue weighted by molar-refractivity contribution is 0.399. The molecule has 1 aliphatic carbocycles. The van der Waals surface area contributed by atoms with E-state index in [4.69, 9.17) is 11.8 Å². The van der Waals surface area contributed by atoms with Crippen LogP contribution in [0.5, 0.6) is 0 Å². The van der Waals surface area contributed by atoms with Crippen molar-refractivity contribution in [1.82, 2.24) is 4.84 Å². The van der Waals surface area contributed by atoms with Gasteiger partial charge in [-0.05, 0) is 24.6 Å². The number of alkyl halides is 1. The highest BCUT2D eigenvalue weighted by Crippen LogP contribution is 2.35. The number of hydrogen-bond acceptors (Lipinski definition) is 1. The van der Waals surface area contributed by atoms with Crippen molar-refractivity contribution < 1.29 is 4.39 Å². The highest BCUT2D eigenvalue weighted by Gasteiger charge is 2.42. The number of rotatable bonds is 2. The Bertz CT molecular complexity index is 66.1. The third-order valence-electron chi connectivity index (χ3n) is 1.31. The Morgan fingerprint density at radius 3 is 2.29 bits per heavy atom. The van der Waals surface area contributed by atoms with Gasteiger partial charge in [-0.3, -0.25) is 0 Å². The van der Waals surface area contributed by atoms with Gasteiger partial charge in [-0.25, -0.2) is 9.23 Å². The van der Waals surface area contributed by atoms with Crippen molar-refractivity contribution in [2.45, 2.75) is 18.4 Å². The second-order valence-corrected chi connectivity index (χ2v) is 2.20. The van der Waals surface area contributed by atoms with Crippen molar-refractivity contribution in [3.8, 4) is 0 Å². The summed E-state index contributed by atoms with van der Waals surface area (Å²) in [5.41, 5.74) is -0.318. The third kappa shape index (κ3) is 0.864. The van der Waals surface area contributed by atoms with E-state index in [-0.39, 0.29) is 12.2 Å². The van der Waals surface area contributed by atoms with E-state index in [0.29, 0.717) is 0 Å². The van der Waals surface area contributed by atoms with Crippen molar-refractivity contribution in [3.05, 3.63) is 0 Å². The zero-order valence-corrected chi connectivity index (χ0v) is 4.63. The van der Waals surface area contributed by atoms with Gasteiger partial charge in [-0.1, -0.05) is 0 Å². The molecule has 1 rings (SSSR count). The van der Waals surface area contributed by atoms with Gasteiger partial charge >= 0.3 is 0 Å². The fourth-order valence-electron chi connectivity index (χ4n) is 0.404. The van der Waals surface area contributed by atoms with Gasteiger partial charge < -0.3 is 0 Å². The lowest BCUT2D eigenvalue weighted by Crippen LogP contribution is -2.24. The van der Waals surface area contributed by atoms with Crippen LogP contribution in [0.15, 0.2) is 0 Å². The molecule has 0 radical (unpaired) electrons. The zero-order chi connectivity index (χ0) is 5.33. The van der Waals surface area contributed by atoms with Gasteiger partial charge in [0.2, 0.25) is 0 Å². The monoisotopic (exact) mass is 123 g/mol. The maximum atomic E-state index is 11.7. The largest absolute Gasteiger partial charge is 0.249 e. The summed E-state index contributed by atoms with van der Waals surface area (Å²) in [6.07, 6.45) is 1.76. The topological polar surface area (TPSA) is 12.0 Å². The van der Waals surface area contributed by atoms with Crippen LogP contribution >= 0.6 is 11.8 Å². The summed E-state index contributed by atoms with van der Waals surface area (Å²) in [4.78, 5) is 2.40. The van der Waals surface area contributed by atoms with Gasteiger partial charge in [0.15, 0.2) is 0 Å². The summed E-state index contributed by atoms with van der Waals surface area (Å²) in [6.45, 7) is -0.337. The molecule has 0 unspecified atom stereocenters. The SMILES string of the molecule is FCC1(NCl)CC1. The van der Waals surface area contributed by atoms with E-state index < -0.39 is 0 Å². The first-order valence-corrected chi connectivity index (χ1v) is 2.64. The Balaban J connectivity index is 2.28. The van der Waals surface area contributed by atoms with Crippen molar-refractivity contribution in [1.29, 1.82) is 0 Å². The Labute approximate surface area is 47.0 Å². The molecule has 0 aromatic heterocycles. The number of hydrogen-bond donors (Lipinski definition) is 1. The first kappa shape index (κ1) is 5.32. The van der Waals surface area contributed by atoms with Gasteiger partial charge in [0.05, 0.1) is 5.54 Å². The summed E-state index contributed by atoms with van der Waals surface area (Å²) in [5.74, 6) is 0. The lowest BCUT2D eigenvalue weighted by Gasteiger charge is -2.02. The van der Waals surface area contributed by atoms with Crippen molar-refractivity contribution in [3.63, 3.8) is 0 Å². The minimum absolute atomic E-state index is 0.318. The third-order valence-corrected chi connectivity index (χ3v) is 1.71. The smallest absolute Gasteiger partial charge is 0.109 e. The van der Waals surface area contributed by atoms with Crippen molar-refractivity contribution in [2.75, 3.05) is 6.67 Å². The Morgan fingerprint density at radius 2 is 2.29 bits per heavy atom. The standard InChI is InChI=1S/C4H7ClFN/c5-7-4(3-6)1-2-4/h7H,1-3H2. The van der Waals surface area contributed by atoms with Gasteiger partial charge in [0.25, 0.3) is 0 Å². The molecule has 0 aliphatic heterocycles. The molecule has 1 aliphatic rings. The molecular formula is C4H7ClFN. The Hall–Kier alpha value is 0.180. The van der Waals surface area contributed by atoms with Crippen molar-refractivity contribution in [2.24, 2.45) is 0 Å². The van der Waals surface area contributed by atoms with Crippen LogP contribution in [0, 0.1) is 0 Å². The Kier molecular flexibility index (Phi) is 1.22. The van der Waals surface area contributed by atoms with Crippen LogP contribution in [0.1, 0.15) is 12.8 Å². The summed E-state index contributed by atoms with van der Waals surface area (Å²) in [5, 5.41) is 0. The molecule has 7 heavy (non-hydrogen) atoms. The maximum Gasteiger partial charge on any atom is 0.109 e. The van der Waals surface area contributed by atoms with Crippen LogP contribution in [0.4, 0.5) is 4.39 Å². The minimum Gasteiger partial charge on any atom is -0.249 e. The predicted octanol–water partition coefficient (Wildman–Crippen LogP) is 1.23. The molecule has 0 amide bonds. The molecular weight excluding hydrogens is 117 g/mol. The first-order valence-electron chi connectivity index (χ1n) is 2.27. The Morgan fingerprint density at radius 1 is 1.71 bits per heavy atom. The van der Waals surface area contributed by atoms with Crippen LogP contribution in [0.25, 0.3) is 0 Å². The summed E-state index contributed by atoms with van der Waals surface area (Å²) < 4.78 is 11.7. The molecule has 0 saturated heterocycles. The molecule has 0 bridgehead atoms. The van der Waals surface area contributed by atoms with Gasteiger partial charge in [-0.2, -0.15) is 0 Å². The average Bonchev–Trinajstić information content (AvgIpc) is 2.46. The normalized spacial score (nSPS) is 24.9. The molecule has 1 saturated carbocycles. The summed E-state index contributed by atoms with van der Waals surface area (Å²) >= 11 is 5.17. The minimum atomic E-state index is -0.337. The van der Waals surface area contributed by atoms with Crippen molar-refractivity contribution >= 4 is 11.8 Å². The number of nitrogens with one attached hydrogen (secondary N) is 1. The fraction of sp³-hybridized carbons (Fsp3) is 1.00. The van der Waals surface area contributed by atoms with Crippen LogP contribution < -0.4 is 4.84 Å². The van der Waals surface area contributed by atoms with E-state index in [9.17, 15) is 4.39 Å². The second-order valence-electron chi connectivity index (χ2n) is 2.01. The molecule has 0 atom stereocenters. The predicted molar refractivity (Wildman–Crippen MR) is 26.9 cm³/mol. The average molecular weight is 124 g/mol. The van der Waals surface area contributed by atoms with Gasteiger partial charge in [-0.15, -0.1) is 0 Å². The lowest BCUT2D eigenvalue weighted by atomic mass is 10.3. The van der Waals surface area contributed by atoms with E-state index in [2.05, 4.69) is 4.84 Å². The summed E-state index contributed by atoms with van der Waals surface area (Å²) in [7, 11) is 0. The van der Waals surface area contributed by atoms with E-state index in [1.807, 2.05) is 0 Å². The highest BCUT2D eigenvalue weighted by atomic mass is 35.5. The van der Waals surface area contributed by atoms with E-state index in [1.165, 1.54) is 0 Å². The molecule has 42 valence electrons. The van der Waals surface area contributed by atoms with Gasteiger partial charge in [0.1, 0.15) is 6.67 Å². The quantitative estimate of drug-likeness (QED) is 0.545. The van der Waals surface area contributed by atoms with Gasteiger partial charge in [0, 0.05) is 0 Å². The number of halogens is 2. The zero-order valence-electron chi connectivity index (χ0n) is 3.88. The second kappa shape index (κ2) is 1.60. The first-order chi connectivity index (χ1) is 3.33.